The molecule has 8 nitrogen and oxygen atoms in total. The molecule has 2 amide bonds. The SMILES string of the molecule is CCC1=NC2C=C(N3CCOc4cc(C(=O)N5CCCCC5)[nH]c43)C=CN2C1=O. The fourth-order valence-corrected chi connectivity index (χ4v) is 4.34. The third kappa shape index (κ3) is 3.03. The Kier molecular flexibility index (Phi) is 4.41. The molecule has 8 heteroatoms. The summed E-state index contributed by atoms with van der Waals surface area (Å²) in [5.74, 6) is 1.47. The molecule has 1 atom stereocenters. The van der Waals surface area contributed by atoms with Crippen molar-refractivity contribution in [3.63, 3.8) is 0 Å². The number of rotatable bonds is 3. The molecule has 0 bridgehead atoms. The number of aromatic amines is 1. The summed E-state index contributed by atoms with van der Waals surface area (Å²) >= 11 is 0. The van der Waals surface area contributed by atoms with Crippen molar-refractivity contribution in [2.24, 2.45) is 4.99 Å². The first-order valence-corrected chi connectivity index (χ1v) is 10.4. The highest BCUT2D eigenvalue weighted by Crippen LogP contribution is 2.36. The van der Waals surface area contributed by atoms with Gasteiger partial charge in [0.05, 0.1) is 6.54 Å². The first-order chi connectivity index (χ1) is 14.2. The second-order valence-electron chi connectivity index (χ2n) is 7.71. The molecule has 1 fully saturated rings. The van der Waals surface area contributed by atoms with Crippen molar-refractivity contribution in [3.05, 3.63) is 35.8 Å². The average Bonchev–Trinajstić information content (AvgIpc) is 3.34. The summed E-state index contributed by atoms with van der Waals surface area (Å²) in [7, 11) is 0. The lowest BCUT2D eigenvalue weighted by Gasteiger charge is -2.32. The molecule has 5 heterocycles. The second-order valence-corrected chi connectivity index (χ2v) is 7.71. The highest BCUT2D eigenvalue weighted by Gasteiger charge is 2.34. The Morgan fingerprint density at radius 2 is 2.10 bits per heavy atom. The molecule has 0 saturated carbocycles. The molecule has 4 aliphatic heterocycles. The number of piperidine rings is 1. The predicted octanol–water partition coefficient (Wildman–Crippen LogP) is 2.27. The normalized spacial score (nSPS) is 23.4. The number of nitrogens with zero attached hydrogens (tertiary/aromatic N) is 4. The van der Waals surface area contributed by atoms with Crippen LogP contribution in [0.15, 0.2) is 35.1 Å². The summed E-state index contributed by atoms with van der Waals surface area (Å²) < 4.78 is 5.81. The van der Waals surface area contributed by atoms with Gasteiger partial charge in [0.1, 0.15) is 24.2 Å². The Bertz CT molecular complexity index is 938. The zero-order valence-corrected chi connectivity index (χ0v) is 16.6. The Balaban J connectivity index is 1.41. The summed E-state index contributed by atoms with van der Waals surface area (Å²) in [6, 6.07) is 1.81. The maximum atomic E-state index is 12.9. The summed E-state index contributed by atoms with van der Waals surface area (Å²) in [6.45, 7) is 4.75. The zero-order chi connectivity index (χ0) is 20.0. The molecule has 29 heavy (non-hydrogen) atoms. The minimum Gasteiger partial charge on any atom is -0.488 e. The highest BCUT2D eigenvalue weighted by atomic mass is 16.5. The van der Waals surface area contributed by atoms with Gasteiger partial charge in [0.25, 0.3) is 11.8 Å². The van der Waals surface area contributed by atoms with Crippen LogP contribution in [0.4, 0.5) is 5.82 Å². The van der Waals surface area contributed by atoms with Gasteiger partial charge in [-0.15, -0.1) is 0 Å². The number of nitrogens with one attached hydrogen (secondary N) is 1. The quantitative estimate of drug-likeness (QED) is 0.851. The number of carbonyl (C=O) groups is 2. The van der Waals surface area contributed by atoms with Crippen molar-refractivity contribution in [2.45, 2.75) is 38.8 Å². The molecule has 1 N–H and O–H groups in total. The van der Waals surface area contributed by atoms with E-state index in [2.05, 4.69) is 14.9 Å². The molecule has 0 radical (unpaired) electrons. The van der Waals surface area contributed by atoms with Crippen molar-refractivity contribution in [2.75, 3.05) is 31.1 Å². The highest BCUT2D eigenvalue weighted by molar-refractivity contribution is 6.40. The van der Waals surface area contributed by atoms with Gasteiger partial charge in [-0.3, -0.25) is 19.5 Å². The standard InChI is InChI=1S/C21H25N5O3/c1-2-15-21(28)26-9-6-14(12-18(26)22-15)25-10-11-29-17-13-16(23-19(17)25)20(27)24-7-4-3-5-8-24/h6,9,12-13,18,23H,2-5,7-8,10-11H2,1H3. The lowest BCUT2D eigenvalue weighted by molar-refractivity contribution is -0.121. The van der Waals surface area contributed by atoms with Crippen molar-refractivity contribution in [3.8, 4) is 5.75 Å². The molecule has 4 aliphatic rings. The van der Waals surface area contributed by atoms with Crippen LogP contribution >= 0.6 is 0 Å². The summed E-state index contributed by atoms with van der Waals surface area (Å²) in [5, 5.41) is 0. The molecule has 0 spiro atoms. The van der Waals surface area contributed by atoms with Crippen molar-refractivity contribution in [1.29, 1.82) is 0 Å². The Morgan fingerprint density at radius 1 is 1.28 bits per heavy atom. The second kappa shape index (κ2) is 7.09. The first-order valence-electron chi connectivity index (χ1n) is 10.4. The van der Waals surface area contributed by atoms with Crippen molar-refractivity contribution in [1.82, 2.24) is 14.8 Å². The Labute approximate surface area is 169 Å². The van der Waals surface area contributed by atoms with Crippen LogP contribution in [0, 0.1) is 0 Å². The van der Waals surface area contributed by atoms with E-state index in [1.54, 1.807) is 11.1 Å². The molecule has 152 valence electrons. The summed E-state index contributed by atoms with van der Waals surface area (Å²) in [5.41, 5.74) is 2.12. The van der Waals surface area contributed by atoms with E-state index in [4.69, 9.17) is 4.74 Å². The van der Waals surface area contributed by atoms with Crippen LogP contribution in [-0.4, -0.2) is 64.7 Å². The number of H-pyrrole nitrogens is 1. The Morgan fingerprint density at radius 3 is 2.90 bits per heavy atom. The van der Waals surface area contributed by atoms with Crippen LogP contribution in [-0.2, 0) is 4.79 Å². The van der Waals surface area contributed by atoms with E-state index in [-0.39, 0.29) is 18.0 Å². The van der Waals surface area contributed by atoms with Gasteiger partial charge in [0.2, 0.25) is 0 Å². The zero-order valence-electron chi connectivity index (χ0n) is 16.6. The number of amides is 2. The maximum Gasteiger partial charge on any atom is 0.273 e. The minimum absolute atomic E-state index is 0.0268. The van der Waals surface area contributed by atoms with Gasteiger partial charge in [-0.2, -0.15) is 0 Å². The summed E-state index contributed by atoms with van der Waals surface area (Å²) in [4.78, 5) is 38.7. The van der Waals surface area contributed by atoms with Gasteiger partial charge in [0.15, 0.2) is 11.6 Å². The lowest BCUT2D eigenvalue weighted by Crippen LogP contribution is -2.37. The molecule has 1 aromatic heterocycles. The fourth-order valence-electron chi connectivity index (χ4n) is 4.34. The Hall–Kier alpha value is -3.03. The molecule has 0 aromatic carbocycles. The smallest absolute Gasteiger partial charge is 0.273 e. The van der Waals surface area contributed by atoms with E-state index in [1.165, 1.54) is 6.42 Å². The third-order valence-electron chi connectivity index (χ3n) is 5.90. The number of ether oxygens (including phenoxy) is 1. The third-order valence-corrected chi connectivity index (χ3v) is 5.90. The van der Waals surface area contributed by atoms with Gasteiger partial charge < -0.3 is 19.5 Å². The number of hydrogen-bond donors (Lipinski definition) is 1. The lowest BCUT2D eigenvalue weighted by atomic mass is 10.1. The molecular weight excluding hydrogens is 370 g/mol. The number of carbonyl (C=O) groups excluding carboxylic acids is 2. The minimum atomic E-state index is -0.298. The van der Waals surface area contributed by atoms with E-state index >= 15 is 0 Å². The van der Waals surface area contributed by atoms with Crippen LogP contribution in [0.3, 0.4) is 0 Å². The molecule has 0 aliphatic carbocycles. The van der Waals surface area contributed by atoms with E-state index in [9.17, 15) is 9.59 Å². The monoisotopic (exact) mass is 395 g/mol. The van der Waals surface area contributed by atoms with Crippen molar-refractivity contribution < 1.29 is 14.3 Å². The van der Waals surface area contributed by atoms with Gasteiger partial charge in [-0.05, 0) is 37.8 Å². The molecule has 1 aromatic rings. The number of allylic oxidation sites excluding steroid dienone is 1. The van der Waals surface area contributed by atoms with Gasteiger partial charge in [-0.25, -0.2) is 0 Å². The molecular formula is C21H25N5O3. The number of aliphatic imine (C=N–C) groups is 1. The number of anilines is 1. The molecule has 1 saturated heterocycles. The van der Waals surface area contributed by atoms with Crippen LogP contribution in [0.2, 0.25) is 0 Å². The predicted molar refractivity (Wildman–Crippen MR) is 109 cm³/mol. The topological polar surface area (TPSA) is 81.2 Å². The number of aromatic nitrogens is 1. The van der Waals surface area contributed by atoms with E-state index < -0.39 is 0 Å². The van der Waals surface area contributed by atoms with Gasteiger partial charge in [0, 0.05) is 31.1 Å². The average molecular weight is 395 g/mol. The van der Waals surface area contributed by atoms with Gasteiger partial charge >= 0.3 is 0 Å². The van der Waals surface area contributed by atoms with E-state index in [0.717, 1.165) is 37.4 Å². The number of fused-ring (bicyclic) bond motifs is 2. The maximum absolute atomic E-state index is 12.9. The van der Waals surface area contributed by atoms with Crippen LogP contribution in [0.5, 0.6) is 5.75 Å². The largest absolute Gasteiger partial charge is 0.488 e. The summed E-state index contributed by atoms with van der Waals surface area (Å²) in [6.07, 6.45) is 9.34. The molecule has 1 unspecified atom stereocenters. The first kappa shape index (κ1) is 18.0. The fraction of sp³-hybridized carbons (Fsp3) is 0.476. The van der Waals surface area contributed by atoms with Crippen LogP contribution in [0.25, 0.3) is 0 Å². The number of likely N-dealkylation sites (tertiary alicyclic amines) is 1. The van der Waals surface area contributed by atoms with Crippen molar-refractivity contribution >= 4 is 23.3 Å². The molecule has 5 rings (SSSR count). The van der Waals surface area contributed by atoms with Crippen LogP contribution < -0.4 is 9.64 Å². The van der Waals surface area contributed by atoms with E-state index in [1.807, 2.05) is 30.0 Å². The van der Waals surface area contributed by atoms with Gasteiger partial charge in [-0.1, -0.05) is 6.92 Å². The van der Waals surface area contributed by atoms with E-state index in [0.29, 0.717) is 36.7 Å². The van der Waals surface area contributed by atoms with Crippen LogP contribution in [0.1, 0.15) is 43.1 Å². The number of hydrogen-bond acceptors (Lipinski definition) is 5.